The van der Waals surface area contributed by atoms with Crippen LogP contribution in [0, 0.1) is 25.2 Å². The molecule has 0 radical (unpaired) electrons. The van der Waals surface area contributed by atoms with Crippen molar-refractivity contribution in [3.63, 3.8) is 0 Å². The molecule has 0 saturated heterocycles. The fourth-order valence-corrected chi connectivity index (χ4v) is 4.23. The van der Waals surface area contributed by atoms with Crippen LogP contribution >= 0.6 is 0 Å². The van der Waals surface area contributed by atoms with Crippen molar-refractivity contribution in [1.29, 1.82) is 5.26 Å². The fourth-order valence-electron chi connectivity index (χ4n) is 4.23. The van der Waals surface area contributed by atoms with Gasteiger partial charge >= 0.3 is 5.97 Å². The van der Waals surface area contributed by atoms with Crippen LogP contribution in [0.25, 0.3) is 0 Å². The number of aryl methyl sites for hydroxylation is 2. The average Bonchev–Trinajstić information content (AvgIpc) is 2.81. The van der Waals surface area contributed by atoms with Gasteiger partial charge in [-0.1, -0.05) is 50.2 Å². The molecule has 2 N–H and O–H groups in total. The molecular formula is C29H28N2O4. The maximum atomic E-state index is 12.4. The van der Waals surface area contributed by atoms with Crippen LogP contribution in [0.1, 0.15) is 53.5 Å². The Kier molecular flexibility index (Phi) is 6.79. The SMILES string of the molecule is Cc1cc(C)cc(OCC(=O)Oc2ccc3c(c2)OC(N)=C(C#N)C3c2ccc(C(C)C)cc2)c1. The molecule has 0 aromatic heterocycles. The molecule has 1 atom stereocenters. The van der Waals surface area contributed by atoms with E-state index in [9.17, 15) is 10.1 Å². The molecular weight excluding hydrogens is 440 g/mol. The molecule has 0 bridgehead atoms. The van der Waals surface area contributed by atoms with Crippen LogP contribution in [0.3, 0.4) is 0 Å². The first-order chi connectivity index (χ1) is 16.7. The van der Waals surface area contributed by atoms with Gasteiger partial charge in [0, 0.05) is 11.6 Å². The summed E-state index contributed by atoms with van der Waals surface area (Å²) >= 11 is 0. The summed E-state index contributed by atoms with van der Waals surface area (Å²) in [4.78, 5) is 12.4. The number of fused-ring (bicyclic) bond motifs is 1. The van der Waals surface area contributed by atoms with Gasteiger partial charge in [0.05, 0.1) is 5.92 Å². The maximum absolute atomic E-state index is 12.4. The third-order valence-electron chi connectivity index (χ3n) is 5.91. The molecule has 1 aliphatic rings. The number of allylic oxidation sites excluding steroid dienone is 1. The molecule has 0 aliphatic carbocycles. The topological polar surface area (TPSA) is 94.6 Å². The van der Waals surface area contributed by atoms with Crippen molar-refractivity contribution >= 4 is 5.97 Å². The first-order valence-corrected chi connectivity index (χ1v) is 11.5. The summed E-state index contributed by atoms with van der Waals surface area (Å²) in [6, 6.07) is 21.2. The van der Waals surface area contributed by atoms with Crippen LogP contribution in [-0.4, -0.2) is 12.6 Å². The van der Waals surface area contributed by atoms with Crippen molar-refractivity contribution in [1.82, 2.24) is 0 Å². The average molecular weight is 469 g/mol. The van der Waals surface area contributed by atoms with E-state index in [-0.39, 0.29) is 18.4 Å². The van der Waals surface area contributed by atoms with E-state index in [1.807, 2.05) is 44.2 Å². The number of nitrogens with two attached hydrogens (primary N) is 1. The summed E-state index contributed by atoms with van der Waals surface area (Å²) in [5.74, 6) is 0.892. The van der Waals surface area contributed by atoms with Crippen LogP contribution in [-0.2, 0) is 4.79 Å². The number of carbonyl (C=O) groups is 1. The predicted molar refractivity (Wildman–Crippen MR) is 133 cm³/mol. The first-order valence-electron chi connectivity index (χ1n) is 11.5. The molecule has 1 aliphatic heterocycles. The van der Waals surface area contributed by atoms with Gasteiger partial charge in [-0.3, -0.25) is 0 Å². The van der Waals surface area contributed by atoms with E-state index < -0.39 is 5.97 Å². The van der Waals surface area contributed by atoms with Crippen LogP contribution in [0.2, 0.25) is 0 Å². The second-order valence-corrected chi connectivity index (χ2v) is 9.03. The van der Waals surface area contributed by atoms with Crippen molar-refractivity contribution in [3.8, 4) is 23.3 Å². The first kappa shape index (κ1) is 23.9. The van der Waals surface area contributed by atoms with Crippen LogP contribution in [0.15, 0.2) is 72.1 Å². The van der Waals surface area contributed by atoms with E-state index in [0.29, 0.717) is 28.7 Å². The Morgan fingerprint density at radius 1 is 1.03 bits per heavy atom. The van der Waals surface area contributed by atoms with E-state index in [2.05, 4.69) is 32.0 Å². The number of ether oxygens (including phenoxy) is 3. The standard InChI is InChI=1S/C29H28N2O4/c1-17(2)20-5-7-21(8-6-20)28-24-10-9-22(14-26(24)35-29(31)25(28)15-30)34-27(32)16-33-23-12-18(3)11-19(4)13-23/h5-14,17,28H,16,31H2,1-4H3. The van der Waals surface area contributed by atoms with Gasteiger partial charge in [0.15, 0.2) is 6.61 Å². The Hall–Kier alpha value is -4.24. The Balaban J connectivity index is 1.54. The van der Waals surface area contributed by atoms with E-state index in [4.69, 9.17) is 19.9 Å². The number of hydrogen-bond donors (Lipinski definition) is 1. The number of hydrogen-bond acceptors (Lipinski definition) is 6. The highest BCUT2D eigenvalue weighted by molar-refractivity contribution is 5.74. The fraction of sp³-hybridized carbons (Fsp3) is 0.241. The largest absolute Gasteiger partial charge is 0.482 e. The molecule has 1 heterocycles. The van der Waals surface area contributed by atoms with Gasteiger partial charge in [0.25, 0.3) is 0 Å². The number of carbonyl (C=O) groups excluding carboxylic acids is 1. The molecule has 6 heteroatoms. The van der Waals surface area contributed by atoms with Crippen molar-refractivity contribution in [2.45, 2.75) is 39.5 Å². The summed E-state index contributed by atoms with van der Waals surface area (Å²) in [5.41, 5.74) is 11.5. The number of esters is 1. The Morgan fingerprint density at radius 3 is 2.34 bits per heavy atom. The van der Waals surface area contributed by atoms with E-state index in [0.717, 1.165) is 22.3 Å². The highest BCUT2D eigenvalue weighted by Gasteiger charge is 2.31. The molecule has 35 heavy (non-hydrogen) atoms. The van der Waals surface area contributed by atoms with Gasteiger partial charge in [-0.05, 0) is 60.2 Å². The van der Waals surface area contributed by atoms with E-state index in [1.165, 1.54) is 5.56 Å². The summed E-state index contributed by atoms with van der Waals surface area (Å²) in [5, 5.41) is 9.77. The predicted octanol–water partition coefficient (Wildman–Crippen LogP) is 5.63. The number of nitrogens with zero attached hydrogens (tertiary/aromatic N) is 1. The molecule has 1 unspecified atom stereocenters. The molecule has 3 aromatic rings. The lowest BCUT2D eigenvalue weighted by molar-refractivity contribution is -0.136. The summed E-state index contributed by atoms with van der Waals surface area (Å²) < 4.78 is 16.8. The number of rotatable bonds is 6. The molecule has 178 valence electrons. The third kappa shape index (κ3) is 5.30. The normalized spacial score (nSPS) is 14.7. The third-order valence-corrected chi connectivity index (χ3v) is 5.91. The van der Waals surface area contributed by atoms with Gasteiger partial charge in [-0.25, -0.2) is 4.79 Å². The minimum Gasteiger partial charge on any atom is -0.482 e. The summed E-state index contributed by atoms with van der Waals surface area (Å²) in [7, 11) is 0. The Labute approximate surface area is 205 Å². The highest BCUT2D eigenvalue weighted by atomic mass is 16.6. The van der Waals surface area contributed by atoms with Crippen LogP contribution in [0.5, 0.6) is 17.2 Å². The van der Waals surface area contributed by atoms with Gasteiger partial charge in [0.1, 0.15) is 28.9 Å². The number of benzene rings is 3. The number of nitriles is 1. The smallest absolute Gasteiger partial charge is 0.349 e. The molecule has 0 fully saturated rings. The molecule has 0 saturated carbocycles. The minimum absolute atomic E-state index is 0.0413. The zero-order chi connectivity index (χ0) is 25.1. The van der Waals surface area contributed by atoms with Crippen molar-refractivity contribution in [3.05, 3.63) is 99.9 Å². The zero-order valence-corrected chi connectivity index (χ0v) is 20.3. The van der Waals surface area contributed by atoms with E-state index >= 15 is 0 Å². The lowest BCUT2D eigenvalue weighted by Crippen LogP contribution is -2.21. The molecule has 0 spiro atoms. The monoisotopic (exact) mass is 468 g/mol. The summed E-state index contributed by atoms with van der Waals surface area (Å²) in [6.45, 7) is 7.97. The Bertz CT molecular complexity index is 1310. The van der Waals surface area contributed by atoms with Gasteiger partial charge in [-0.15, -0.1) is 0 Å². The zero-order valence-electron chi connectivity index (χ0n) is 20.3. The van der Waals surface area contributed by atoms with E-state index in [1.54, 1.807) is 18.2 Å². The molecule has 3 aromatic carbocycles. The van der Waals surface area contributed by atoms with Crippen LogP contribution in [0.4, 0.5) is 0 Å². The van der Waals surface area contributed by atoms with Gasteiger partial charge in [-0.2, -0.15) is 5.26 Å². The van der Waals surface area contributed by atoms with Gasteiger partial charge in [0.2, 0.25) is 5.88 Å². The van der Waals surface area contributed by atoms with Crippen molar-refractivity contribution in [2.75, 3.05) is 6.61 Å². The Morgan fingerprint density at radius 2 is 1.71 bits per heavy atom. The highest BCUT2D eigenvalue weighted by Crippen LogP contribution is 2.43. The molecule has 4 rings (SSSR count). The van der Waals surface area contributed by atoms with Crippen LogP contribution < -0.4 is 19.9 Å². The van der Waals surface area contributed by atoms with Crippen molar-refractivity contribution < 1.29 is 19.0 Å². The van der Waals surface area contributed by atoms with Gasteiger partial charge < -0.3 is 19.9 Å². The second-order valence-electron chi connectivity index (χ2n) is 9.03. The lowest BCUT2D eigenvalue weighted by atomic mass is 9.83. The lowest BCUT2D eigenvalue weighted by Gasteiger charge is -2.27. The summed E-state index contributed by atoms with van der Waals surface area (Å²) in [6.07, 6.45) is 0. The maximum Gasteiger partial charge on any atom is 0.349 e. The minimum atomic E-state index is -0.540. The molecule has 0 amide bonds. The quantitative estimate of drug-likeness (QED) is 0.372. The van der Waals surface area contributed by atoms with Crippen molar-refractivity contribution in [2.24, 2.45) is 5.73 Å². The molecule has 6 nitrogen and oxygen atoms in total. The second kappa shape index (κ2) is 9.94.